The first-order valence-electron chi connectivity index (χ1n) is 8.90. The quantitative estimate of drug-likeness (QED) is 0.634. The number of nitrogens with zero attached hydrogens (tertiary/aromatic N) is 1. The molecule has 0 radical (unpaired) electrons. The fraction of sp³-hybridized carbons (Fsp3) is 0.286. The Morgan fingerprint density at radius 3 is 2.62 bits per heavy atom. The smallest absolute Gasteiger partial charge is 0.0950 e. The standard InChI is InChI=1S/C21H20Cl2N2O/c22-14-9-7-13(8-10-14)19-12-16(21(26)18-6-1-2-11-24-18)15-4-3-5-17(23)20(15)25-19/h3-5,7-10,12,18,21,24,26H,1-2,6,11H2/t18-,21+/m0/s1. The number of hydrogen-bond acceptors (Lipinski definition) is 3. The van der Waals surface area contributed by atoms with Gasteiger partial charge in [-0.3, -0.25) is 0 Å². The SMILES string of the molecule is O[C@H](c1cc(-c2ccc(Cl)cc2)nc2c(Cl)cccc12)[C@@H]1CCCCN1. The van der Waals surface area contributed by atoms with Crippen LogP contribution in [-0.2, 0) is 0 Å². The van der Waals surface area contributed by atoms with Crippen LogP contribution < -0.4 is 5.32 Å². The van der Waals surface area contributed by atoms with Crippen molar-refractivity contribution in [2.45, 2.75) is 31.4 Å². The molecule has 2 heterocycles. The third-order valence-electron chi connectivity index (χ3n) is 5.01. The van der Waals surface area contributed by atoms with E-state index in [1.54, 1.807) is 0 Å². The zero-order chi connectivity index (χ0) is 18.1. The molecular weight excluding hydrogens is 367 g/mol. The number of nitrogens with one attached hydrogen (secondary N) is 1. The Morgan fingerprint density at radius 1 is 1.08 bits per heavy atom. The number of pyridine rings is 1. The van der Waals surface area contributed by atoms with Crippen LogP contribution in [0.5, 0.6) is 0 Å². The molecule has 3 aromatic rings. The zero-order valence-electron chi connectivity index (χ0n) is 14.3. The molecule has 0 unspecified atom stereocenters. The minimum Gasteiger partial charge on any atom is -0.387 e. The highest BCUT2D eigenvalue weighted by atomic mass is 35.5. The molecule has 26 heavy (non-hydrogen) atoms. The highest BCUT2D eigenvalue weighted by molar-refractivity contribution is 6.35. The molecule has 0 amide bonds. The molecule has 2 aromatic carbocycles. The molecule has 2 atom stereocenters. The summed E-state index contributed by atoms with van der Waals surface area (Å²) in [6.45, 7) is 0.940. The lowest BCUT2D eigenvalue weighted by molar-refractivity contribution is 0.115. The average Bonchev–Trinajstić information content (AvgIpc) is 2.68. The van der Waals surface area contributed by atoms with Crippen LogP contribution in [0, 0.1) is 0 Å². The first kappa shape index (κ1) is 17.7. The van der Waals surface area contributed by atoms with Crippen LogP contribution in [0.1, 0.15) is 30.9 Å². The van der Waals surface area contributed by atoms with Crippen molar-refractivity contribution < 1.29 is 5.11 Å². The van der Waals surface area contributed by atoms with Crippen molar-refractivity contribution in [2.75, 3.05) is 6.54 Å². The number of rotatable bonds is 3. The van der Waals surface area contributed by atoms with E-state index in [2.05, 4.69) is 5.32 Å². The summed E-state index contributed by atoms with van der Waals surface area (Å²) in [5.74, 6) is 0. The number of hydrogen-bond donors (Lipinski definition) is 2. The molecule has 0 spiro atoms. The number of fused-ring (bicyclic) bond motifs is 1. The van der Waals surface area contributed by atoms with Crippen molar-refractivity contribution in [1.29, 1.82) is 0 Å². The van der Waals surface area contributed by atoms with Gasteiger partial charge in [-0.1, -0.05) is 53.9 Å². The minimum absolute atomic E-state index is 0.0476. The lowest BCUT2D eigenvalue weighted by Crippen LogP contribution is -2.38. The number of piperidine rings is 1. The Labute approximate surface area is 163 Å². The van der Waals surface area contributed by atoms with E-state index < -0.39 is 6.10 Å². The topological polar surface area (TPSA) is 45.2 Å². The molecule has 4 rings (SSSR count). The van der Waals surface area contributed by atoms with Crippen molar-refractivity contribution in [1.82, 2.24) is 10.3 Å². The summed E-state index contributed by atoms with van der Waals surface area (Å²) in [5.41, 5.74) is 3.31. The fourth-order valence-corrected chi connectivity index (χ4v) is 3.96. The van der Waals surface area contributed by atoms with Gasteiger partial charge in [-0.25, -0.2) is 4.98 Å². The van der Waals surface area contributed by atoms with Gasteiger partial charge in [0.2, 0.25) is 0 Å². The van der Waals surface area contributed by atoms with E-state index in [0.717, 1.165) is 48.0 Å². The van der Waals surface area contributed by atoms with Gasteiger partial charge in [0.25, 0.3) is 0 Å². The Balaban J connectivity index is 1.86. The molecule has 2 N–H and O–H groups in total. The lowest BCUT2D eigenvalue weighted by atomic mass is 9.92. The zero-order valence-corrected chi connectivity index (χ0v) is 15.8. The summed E-state index contributed by atoms with van der Waals surface area (Å²) < 4.78 is 0. The number of benzene rings is 2. The van der Waals surface area contributed by atoms with Gasteiger partial charge < -0.3 is 10.4 Å². The number of aliphatic hydroxyl groups is 1. The van der Waals surface area contributed by atoms with Crippen molar-refractivity contribution in [3.8, 4) is 11.3 Å². The Hall–Kier alpha value is -1.65. The first-order chi connectivity index (χ1) is 12.6. The fourth-order valence-electron chi connectivity index (χ4n) is 3.62. The van der Waals surface area contributed by atoms with E-state index in [0.29, 0.717) is 15.6 Å². The molecule has 5 heteroatoms. The summed E-state index contributed by atoms with van der Waals surface area (Å²) >= 11 is 12.4. The van der Waals surface area contributed by atoms with Gasteiger partial charge in [0.1, 0.15) is 0 Å². The van der Waals surface area contributed by atoms with E-state index >= 15 is 0 Å². The third-order valence-corrected chi connectivity index (χ3v) is 5.57. The van der Waals surface area contributed by atoms with Crippen molar-refractivity contribution >= 4 is 34.1 Å². The maximum atomic E-state index is 11.1. The highest BCUT2D eigenvalue weighted by Gasteiger charge is 2.25. The summed E-state index contributed by atoms with van der Waals surface area (Å²) in [4.78, 5) is 4.76. The molecular formula is C21H20Cl2N2O. The summed E-state index contributed by atoms with van der Waals surface area (Å²) in [6.07, 6.45) is 2.64. The number of aliphatic hydroxyl groups excluding tert-OH is 1. The van der Waals surface area contributed by atoms with Crippen molar-refractivity contribution in [3.63, 3.8) is 0 Å². The van der Waals surface area contributed by atoms with E-state index in [1.165, 1.54) is 0 Å². The van der Waals surface area contributed by atoms with E-state index in [1.807, 2.05) is 48.5 Å². The van der Waals surface area contributed by atoms with Crippen LogP contribution in [-0.4, -0.2) is 22.7 Å². The van der Waals surface area contributed by atoms with Gasteiger partial charge in [-0.2, -0.15) is 0 Å². The molecule has 1 aliphatic heterocycles. The minimum atomic E-state index is -0.606. The van der Waals surface area contributed by atoms with Gasteiger partial charge in [0.05, 0.1) is 22.3 Å². The monoisotopic (exact) mass is 386 g/mol. The molecule has 1 fully saturated rings. The lowest BCUT2D eigenvalue weighted by Gasteiger charge is -2.29. The Bertz CT molecular complexity index is 921. The molecule has 1 aromatic heterocycles. The van der Waals surface area contributed by atoms with Crippen LogP contribution in [0.25, 0.3) is 22.2 Å². The molecule has 0 aliphatic carbocycles. The summed E-state index contributed by atoms with van der Waals surface area (Å²) in [5, 5.41) is 16.7. The third kappa shape index (κ3) is 3.45. The molecule has 1 aliphatic rings. The summed E-state index contributed by atoms with van der Waals surface area (Å²) in [6, 6.07) is 15.3. The highest BCUT2D eigenvalue weighted by Crippen LogP contribution is 2.34. The Morgan fingerprint density at radius 2 is 1.88 bits per heavy atom. The molecule has 3 nitrogen and oxygen atoms in total. The van der Waals surface area contributed by atoms with E-state index in [9.17, 15) is 5.11 Å². The largest absolute Gasteiger partial charge is 0.387 e. The van der Waals surface area contributed by atoms with Gasteiger partial charge in [-0.05, 0) is 49.2 Å². The van der Waals surface area contributed by atoms with Crippen LogP contribution >= 0.6 is 23.2 Å². The normalized spacial score (nSPS) is 18.8. The Kier molecular flexibility index (Phi) is 5.14. The number of aromatic nitrogens is 1. The van der Waals surface area contributed by atoms with Gasteiger partial charge in [-0.15, -0.1) is 0 Å². The number of halogens is 2. The van der Waals surface area contributed by atoms with Crippen LogP contribution in [0.4, 0.5) is 0 Å². The second kappa shape index (κ2) is 7.53. The van der Waals surface area contributed by atoms with Crippen LogP contribution in [0.2, 0.25) is 10.0 Å². The predicted octanol–water partition coefficient (Wildman–Crippen LogP) is 5.38. The van der Waals surface area contributed by atoms with E-state index in [-0.39, 0.29) is 6.04 Å². The average molecular weight is 387 g/mol. The van der Waals surface area contributed by atoms with Gasteiger partial charge in [0, 0.05) is 22.0 Å². The second-order valence-electron chi connectivity index (χ2n) is 6.74. The maximum Gasteiger partial charge on any atom is 0.0950 e. The van der Waals surface area contributed by atoms with Gasteiger partial charge >= 0.3 is 0 Å². The van der Waals surface area contributed by atoms with Gasteiger partial charge in [0.15, 0.2) is 0 Å². The first-order valence-corrected chi connectivity index (χ1v) is 9.65. The number of para-hydroxylation sites is 1. The second-order valence-corrected chi connectivity index (χ2v) is 7.58. The molecule has 1 saturated heterocycles. The van der Waals surface area contributed by atoms with Crippen LogP contribution in [0.3, 0.4) is 0 Å². The molecule has 0 saturated carbocycles. The van der Waals surface area contributed by atoms with Crippen molar-refractivity contribution in [3.05, 3.63) is 64.1 Å². The molecule has 134 valence electrons. The predicted molar refractivity (Wildman–Crippen MR) is 108 cm³/mol. The maximum absolute atomic E-state index is 11.1. The van der Waals surface area contributed by atoms with Crippen LogP contribution in [0.15, 0.2) is 48.5 Å². The van der Waals surface area contributed by atoms with E-state index in [4.69, 9.17) is 28.2 Å². The summed E-state index contributed by atoms with van der Waals surface area (Å²) in [7, 11) is 0. The van der Waals surface area contributed by atoms with Crippen molar-refractivity contribution in [2.24, 2.45) is 0 Å². The molecule has 0 bridgehead atoms.